The van der Waals surface area contributed by atoms with E-state index in [0.717, 1.165) is 62.0 Å². The number of pyridine rings is 1. The summed E-state index contributed by atoms with van der Waals surface area (Å²) in [5.74, 6) is 1.22. The quantitative estimate of drug-likeness (QED) is 0.438. The number of hydrogen-bond donors (Lipinski definition) is 0. The Morgan fingerprint density at radius 1 is 0.939 bits per heavy atom. The Kier molecular flexibility index (Phi) is 9.36. The van der Waals surface area contributed by atoms with E-state index >= 15 is 0 Å². The Hall–Kier alpha value is -2.80. The summed E-state index contributed by atoms with van der Waals surface area (Å²) in [5.41, 5.74) is 2.63. The first kappa shape index (κ1) is 24.8. The van der Waals surface area contributed by atoms with Gasteiger partial charge in [0.25, 0.3) is 0 Å². The van der Waals surface area contributed by atoms with Crippen LogP contribution < -0.4 is 14.9 Å². The van der Waals surface area contributed by atoms with Crippen LogP contribution in [0, 0.1) is 6.92 Å². The fourth-order valence-corrected chi connectivity index (χ4v) is 3.81. The minimum Gasteiger partial charge on any atom is -0.494 e. The smallest absolute Gasteiger partial charge is 0.223 e. The van der Waals surface area contributed by atoms with Crippen LogP contribution in [0.1, 0.15) is 17.7 Å². The molecule has 1 fully saturated rings. The van der Waals surface area contributed by atoms with Gasteiger partial charge in [-0.15, -0.1) is 12.4 Å². The molecular weight excluding hydrogens is 440 g/mol. The van der Waals surface area contributed by atoms with Crippen molar-refractivity contribution >= 4 is 12.4 Å². The highest BCUT2D eigenvalue weighted by Gasteiger charge is 2.11. The zero-order valence-electron chi connectivity index (χ0n) is 18.9. The highest BCUT2D eigenvalue weighted by atomic mass is 35.5. The topological polar surface area (TPSA) is 52.9 Å². The van der Waals surface area contributed by atoms with Crippen molar-refractivity contribution in [2.24, 2.45) is 0 Å². The van der Waals surface area contributed by atoms with Crippen molar-refractivity contribution in [3.05, 3.63) is 88.3 Å². The van der Waals surface area contributed by atoms with E-state index in [1.807, 2.05) is 66.1 Å². The SMILES string of the molecule is Cc1c(OCc2ccccc2)c(=O)ccn1-c1ccc(OCCCN2CCOCC2)cc1.Cl. The van der Waals surface area contributed by atoms with Gasteiger partial charge in [-0.05, 0) is 43.2 Å². The van der Waals surface area contributed by atoms with E-state index in [2.05, 4.69) is 4.90 Å². The van der Waals surface area contributed by atoms with Crippen molar-refractivity contribution in [3.63, 3.8) is 0 Å². The van der Waals surface area contributed by atoms with E-state index in [1.165, 1.54) is 0 Å². The summed E-state index contributed by atoms with van der Waals surface area (Å²) >= 11 is 0. The van der Waals surface area contributed by atoms with E-state index in [4.69, 9.17) is 14.2 Å². The predicted octanol–water partition coefficient (Wildman–Crippen LogP) is 4.25. The molecule has 7 heteroatoms. The van der Waals surface area contributed by atoms with E-state index in [1.54, 1.807) is 12.3 Å². The van der Waals surface area contributed by atoms with Gasteiger partial charge < -0.3 is 18.8 Å². The molecule has 1 aliphatic rings. The van der Waals surface area contributed by atoms with Crippen molar-refractivity contribution in [1.29, 1.82) is 0 Å². The summed E-state index contributed by atoms with van der Waals surface area (Å²) < 4.78 is 19.1. The Morgan fingerprint density at radius 2 is 1.67 bits per heavy atom. The van der Waals surface area contributed by atoms with Crippen molar-refractivity contribution < 1.29 is 14.2 Å². The minimum atomic E-state index is -0.116. The molecule has 0 unspecified atom stereocenters. The number of rotatable bonds is 9. The zero-order valence-corrected chi connectivity index (χ0v) is 19.8. The number of benzene rings is 2. The van der Waals surface area contributed by atoms with E-state index in [0.29, 0.717) is 19.0 Å². The summed E-state index contributed by atoms with van der Waals surface area (Å²) in [6, 6.07) is 19.3. The van der Waals surface area contributed by atoms with Gasteiger partial charge in [0.1, 0.15) is 12.4 Å². The lowest BCUT2D eigenvalue weighted by Gasteiger charge is -2.26. The lowest BCUT2D eigenvalue weighted by atomic mass is 10.2. The Labute approximate surface area is 201 Å². The van der Waals surface area contributed by atoms with Gasteiger partial charge in [-0.25, -0.2) is 0 Å². The second-order valence-corrected chi connectivity index (χ2v) is 7.89. The van der Waals surface area contributed by atoms with Gasteiger partial charge in [0.2, 0.25) is 5.43 Å². The lowest BCUT2D eigenvalue weighted by molar-refractivity contribution is 0.0358. The number of nitrogens with zero attached hydrogens (tertiary/aromatic N) is 2. The number of hydrogen-bond acceptors (Lipinski definition) is 5. The van der Waals surface area contributed by atoms with Crippen LogP contribution in [0.3, 0.4) is 0 Å². The fourth-order valence-electron chi connectivity index (χ4n) is 3.81. The first-order chi connectivity index (χ1) is 15.7. The van der Waals surface area contributed by atoms with Gasteiger partial charge in [-0.2, -0.15) is 0 Å². The molecule has 0 atom stereocenters. The van der Waals surface area contributed by atoms with E-state index < -0.39 is 0 Å². The summed E-state index contributed by atoms with van der Waals surface area (Å²) in [7, 11) is 0. The number of halogens is 1. The molecule has 2 heterocycles. The second kappa shape index (κ2) is 12.4. The lowest BCUT2D eigenvalue weighted by Crippen LogP contribution is -2.37. The third-order valence-electron chi connectivity index (χ3n) is 5.62. The molecule has 4 rings (SSSR count). The molecule has 0 spiro atoms. The summed E-state index contributed by atoms with van der Waals surface area (Å²) in [6.07, 6.45) is 2.77. The monoisotopic (exact) mass is 470 g/mol. The van der Waals surface area contributed by atoms with Crippen LogP contribution in [0.2, 0.25) is 0 Å². The zero-order chi connectivity index (χ0) is 22.2. The van der Waals surface area contributed by atoms with Crippen LogP contribution >= 0.6 is 12.4 Å². The van der Waals surface area contributed by atoms with Crippen LogP contribution in [-0.4, -0.2) is 48.9 Å². The number of morpholine rings is 1. The molecule has 6 nitrogen and oxygen atoms in total. The Balaban J connectivity index is 0.00000306. The highest BCUT2D eigenvalue weighted by molar-refractivity contribution is 5.85. The van der Waals surface area contributed by atoms with E-state index in [-0.39, 0.29) is 17.8 Å². The third-order valence-corrected chi connectivity index (χ3v) is 5.62. The minimum absolute atomic E-state index is 0. The molecule has 0 radical (unpaired) electrons. The van der Waals surface area contributed by atoms with Crippen LogP contribution in [0.4, 0.5) is 0 Å². The average Bonchev–Trinajstić information content (AvgIpc) is 2.84. The second-order valence-electron chi connectivity index (χ2n) is 7.89. The Morgan fingerprint density at radius 3 is 2.39 bits per heavy atom. The van der Waals surface area contributed by atoms with Gasteiger partial charge in [-0.3, -0.25) is 9.69 Å². The molecule has 0 amide bonds. The molecule has 1 aliphatic heterocycles. The molecule has 0 aliphatic carbocycles. The third kappa shape index (κ3) is 6.84. The number of ether oxygens (including phenoxy) is 3. The molecule has 33 heavy (non-hydrogen) atoms. The summed E-state index contributed by atoms with van der Waals surface area (Å²) in [6.45, 7) is 7.64. The molecule has 1 aromatic heterocycles. The van der Waals surface area contributed by atoms with Crippen LogP contribution in [0.5, 0.6) is 11.5 Å². The van der Waals surface area contributed by atoms with Gasteiger partial charge in [0, 0.05) is 37.6 Å². The molecule has 2 aromatic carbocycles. The standard InChI is InChI=1S/C26H30N2O4.ClH/c1-21-26(32-20-22-6-3-2-4-7-22)25(29)12-14-28(21)23-8-10-24(11-9-23)31-17-5-13-27-15-18-30-19-16-27;/h2-4,6-12,14H,5,13,15-20H2,1H3;1H. The van der Waals surface area contributed by atoms with Crippen molar-refractivity contribution in [1.82, 2.24) is 9.47 Å². The van der Waals surface area contributed by atoms with E-state index in [9.17, 15) is 4.79 Å². The van der Waals surface area contributed by atoms with Crippen LogP contribution in [0.15, 0.2) is 71.7 Å². The average molecular weight is 471 g/mol. The molecule has 1 saturated heterocycles. The number of aromatic nitrogens is 1. The van der Waals surface area contributed by atoms with Crippen LogP contribution in [0.25, 0.3) is 5.69 Å². The summed E-state index contributed by atoms with van der Waals surface area (Å²) in [5, 5.41) is 0. The van der Waals surface area contributed by atoms with Crippen LogP contribution in [-0.2, 0) is 11.3 Å². The molecule has 3 aromatic rings. The maximum atomic E-state index is 12.4. The maximum Gasteiger partial charge on any atom is 0.223 e. The van der Waals surface area contributed by atoms with Crippen molar-refractivity contribution in [2.45, 2.75) is 20.0 Å². The normalized spacial score (nSPS) is 13.8. The first-order valence-corrected chi connectivity index (χ1v) is 11.1. The Bertz CT molecular complexity index is 1050. The maximum absolute atomic E-state index is 12.4. The molecule has 176 valence electrons. The molecule has 0 bridgehead atoms. The highest BCUT2D eigenvalue weighted by Crippen LogP contribution is 2.21. The van der Waals surface area contributed by atoms with Gasteiger partial charge in [0.15, 0.2) is 5.75 Å². The molecule has 0 saturated carbocycles. The molecular formula is C26H31ClN2O4. The van der Waals surface area contributed by atoms with Gasteiger partial charge in [0.05, 0.1) is 25.5 Å². The molecule has 0 N–H and O–H groups in total. The first-order valence-electron chi connectivity index (χ1n) is 11.1. The van der Waals surface area contributed by atoms with Crippen molar-refractivity contribution in [2.75, 3.05) is 39.5 Å². The predicted molar refractivity (Wildman–Crippen MR) is 132 cm³/mol. The fraction of sp³-hybridized carbons (Fsp3) is 0.346. The van der Waals surface area contributed by atoms with Crippen molar-refractivity contribution in [3.8, 4) is 17.2 Å². The van der Waals surface area contributed by atoms with Gasteiger partial charge in [-0.1, -0.05) is 30.3 Å². The summed E-state index contributed by atoms with van der Waals surface area (Å²) in [4.78, 5) is 14.8. The van der Waals surface area contributed by atoms with Gasteiger partial charge >= 0.3 is 0 Å². The largest absolute Gasteiger partial charge is 0.494 e.